The Bertz CT molecular complexity index is 1050. The summed E-state index contributed by atoms with van der Waals surface area (Å²) in [6.07, 6.45) is 4.10. The zero-order valence-corrected chi connectivity index (χ0v) is 18.1. The lowest BCUT2D eigenvalue weighted by molar-refractivity contribution is -0.138. The Hall–Kier alpha value is -3.22. The SMILES string of the molecule is CC(C)C(NC(=O)Cc1ccccc1)C(=O)N1CCCC(c2nnc3ccccn23)C1. The van der Waals surface area contributed by atoms with Crippen molar-refractivity contribution in [3.05, 3.63) is 66.1 Å². The molecule has 162 valence electrons. The molecule has 31 heavy (non-hydrogen) atoms. The van der Waals surface area contributed by atoms with Crippen molar-refractivity contribution in [2.75, 3.05) is 13.1 Å². The maximum absolute atomic E-state index is 13.4. The van der Waals surface area contributed by atoms with Gasteiger partial charge in [0, 0.05) is 25.2 Å². The average molecular weight is 420 g/mol. The predicted octanol–water partition coefficient (Wildman–Crippen LogP) is 2.82. The highest BCUT2D eigenvalue weighted by Gasteiger charge is 2.33. The lowest BCUT2D eigenvalue weighted by Crippen LogP contribution is -2.53. The molecule has 1 aliphatic rings. The molecular weight excluding hydrogens is 390 g/mol. The Balaban J connectivity index is 1.45. The van der Waals surface area contributed by atoms with Crippen LogP contribution in [0.5, 0.6) is 0 Å². The number of nitrogens with one attached hydrogen (secondary N) is 1. The minimum absolute atomic E-state index is 0.00141. The molecular formula is C24H29N5O2. The molecule has 0 radical (unpaired) electrons. The van der Waals surface area contributed by atoms with E-state index in [9.17, 15) is 9.59 Å². The van der Waals surface area contributed by atoms with Crippen molar-refractivity contribution in [2.24, 2.45) is 5.92 Å². The van der Waals surface area contributed by atoms with Crippen LogP contribution in [-0.2, 0) is 16.0 Å². The number of hydrogen-bond acceptors (Lipinski definition) is 4. The van der Waals surface area contributed by atoms with E-state index in [0.29, 0.717) is 13.1 Å². The van der Waals surface area contributed by atoms with Crippen LogP contribution >= 0.6 is 0 Å². The van der Waals surface area contributed by atoms with Crippen molar-refractivity contribution < 1.29 is 9.59 Å². The summed E-state index contributed by atoms with van der Waals surface area (Å²) in [5, 5.41) is 11.6. The molecule has 0 bridgehead atoms. The summed E-state index contributed by atoms with van der Waals surface area (Å²) >= 11 is 0. The van der Waals surface area contributed by atoms with Gasteiger partial charge in [0.1, 0.15) is 11.9 Å². The van der Waals surface area contributed by atoms with E-state index in [2.05, 4.69) is 15.5 Å². The summed E-state index contributed by atoms with van der Waals surface area (Å²) in [5.41, 5.74) is 1.75. The van der Waals surface area contributed by atoms with Gasteiger partial charge in [-0.3, -0.25) is 14.0 Å². The van der Waals surface area contributed by atoms with Gasteiger partial charge in [-0.15, -0.1) is 10.2 Å². The third kappa shape index (κ3) is 4.76. The first-order valence-corrected chi connectivity index (χ1v) is 10.9. The van der Waals surface area contributed by atoms with E-state index in [0.717, 1.165) is 29.9 Å². The van der Waals surface area contributed by atoms with Gasteiger partial charge in [-0.25, -0.2) is 0 Å². The van der Waals surface area contributed by atoms with E-state index in [1.807, 2.05) is 77.9 Å². The topological polar surface area (TPSA) is 79.6 Å². The number of carbonyl (C=O) groups is 2. The standard InChI is InChI=1S/C24H29N5O2/c1-17(2)22(25-21(30)15-18-9-4-3-5-10-18)24(31)28-13-8-11-19(16-28)23-27-26-20-12-6-7-14-29(20)23/h3-7,9-10,12,14,17,19,22H,8,11,13,15-16H2,1-2H3,(H,25,30). The number of fused-ring (bicyclic) bond motifs is 1. The Morgan fingerprint density at radius 1 is 1.10 bits per heavy atom. The lowest BCUT2D eigenvalue weighted by atomic mass is 9.95. The number of carbonyl (C=O) groups excluding carboxylic acids is 2. The summed E-state index contributed by atoms with van der Waals surface area (Å²) in [7, 11) is 0. The zero-order chi connectivity index (χ0) is 21.8. The highest BCUT2D eigenvalue weighted by atomic mass is 16.2. The van der Waals surface area contributed by atoms with Crippen LogP contribution in [0.15, 0.2) is 54.7 Å². The monoisotopic (exact) mass is 419 g/mol. The predicted molar refractivity (Wildman–Crippen MR) is 118 cm³/mol. The van der Waals surface area contributed by atoms with E-state index < -0.39 is 6.04 Å². The van der Waals surface area contributed by atoms with Gasteiger partial charge in [0.2, 0.25) is 11.8 Å². The van der Waals surface area contributed by atoms with Gasteiger partial charge in [-0.2, -0.15) is 0 Å². The molecule has 3 aromatic rings. The van der Waals surface area contributed by atoms with Crippen LogP contribution in [0.1, 0.15) is 44.0 Å². The number of pyridine rings is 1. The third-order valence-corrected chi connectivity index (χ3v) is 5.90. The lowest BCUT2D eigenvalue weighted by Gasteiger charge is -2.35. The molecule has 1 fully saturated rings. The first kappa shape index (κ1) is 21.0. The van der Waals surface area contributed by atoms with Crippen molar-refractivity contribution in [3.63, 3.8) is 0 Å². The fraction of sp³-hybridized carbons (Fsp3) is 0.417. The average Bonchev–Trinajstić information content (AvgIpc) is 3.22. The summed E-state index contributed by atoms with van der Waals surface area (Å²) in [4.78, 5) is 27.9. The molecule has 7 nitrogen and oxygen atoms in total. The van der Waals surface area contributed by atoms with Gasteiger partial charge in [0.15, 0.2) is 5.65 Å². The van der Waals surface area contributed by atoms with Crippen LogP contribution in [0.25, 0.3) is 5.65 Å². The quantitative estimate of drug-likeness (QED) is 0.666. The minimum Gasteiger partial charge on any atom is -0.344 e. The van der Waals surface area contributed by atoms with Gasteiger partial charge < -0.3 is 10.2 Å². The number of hydrogen-bond donors (Lipinski definition) is 1. The number of benzene rings is 1. The Morgan fingerprint density at radius 3 is 2.65 bits per heavy atom. The highest BCUT2D eigenvalue weighted by Crippen LogP contribution is 2.27. The largest absolute Gasteiger partial charge is 0.344 e. The molecule has 1 saturated heterocycles. The van der Waals surface area contributed by atoms with Crippen molar-refractivity contribution in [1.29, 1.82) is 0 Å². The molecule has 7 heteroatoms. The van der Waals surface area contributed by atoms with E-state index >= 15 is 0 Å². The van der Waals surface area contributed by atoms with Crippen LogP contribution in [0.3, 0.4) is 0 Å². The van der Waals surface area contributed by atoms with E-state index in [-0.39, 0.29) is 30.1 Å². The second-order valence-electron chi connectivity index (χ2n) is 8.56. The second kappa shape index (κ2) is 9.29. The normalized spacial score (nSPS) is 17.6. The second-order valence-corrected chi connectivity index (χ2v) is 8.56. The van der Waals surface area contributed by atoms with Crippen LogP contribution < -0.4 is 5.32 Å². The van der Waals surface area contributed by atoms with Gasteiger partial charge >= 0.3 is 0 Å². The molecule has 1 N–H and O–H groups in total. The summed E-state index contributed by atoms with van der Waals surface area (Å²) in [5.74, 6) is 0.872. The van der Waals surface area contributed by atoms with Gasteiger partial charge in [-0.05, 0) is 36.5 Å². The molecule has 0 saturated carbocycles. The highest BCUT2D eigenvalue weighted by molar-refractivity contribution is 5.88. The minimum atomic E-state index is -0.537. The van der Waals surface area contributed by atoms with E-state index in [1.54, 1.807) is 0 Å². The Kier molecular flexibility index (Phi) is 6.30. The summed E-state index contributed by atoms with van der Waals surface area (Å²) in [6.45, 7) is 5.23. The van der Waals surface area contributed by atoms with Crippen LogP contribution in [-0.4, -0.2) is 50.4 Å². The third-order valence-electron chi connectivity index (χ3n) is 5.90. The van der Waals surface area contributed by atoms with Gasteiger partial charge in [0.05, 0.1) is 6.42 Å². The Labute approximate surface area is 182 Å². The molecule has 3 heterocycles. The van der Waals surface area contributed by atoms with E-state index in [1.165, 1.54) is 0 Å². The molecule has 4 rings (SSSR count). The molecule has 0 aliphatic carbocycles. The van der Waals surface area contributed by atoms with Crippen molar-refractivity contribution in [1.82, 2.24) is 24.8 Å². The van der Waals surface area contributed by atoms with E-state index in [4.69, 9.17) is 0 Å². The molecule has 2 unspecified atom stereocenters. The number of piperidine rings is 1. The number of likely N-dealkylation sites (tertiary alicyclic amines) is 1. The Morgan fingerprint density at radius 2 is 1.87 bits per heavy atom. The molecule has 2 atom stereocenters. The van der Waals surface area contributed by atoms with Crippen molar-refractivity contribution in [2.45, 2.75) is 45.1 Å². The zero-order valence-electron chi connectivity index (χ0n) is 18.1. The molecule has 2 aromatic heterocycles. The first-order chi connectivity index (χ1) is 15.0. The molecule has 0 spiro atoms. The maximum Gasteiger partial charge on any atom is 0.245 e. The number of amides is 2. The van der Waals surface area contributed by atoms with Crippen LogP contribution in [0.2, 0.25) is 0 Å². The van der Waals surface area contributed by atoms with Gasteiger partial charge in [0.25, 0.3) is 0 Å². The number of rotatable bonds is 6. The van der Waals surface area contributed by atoms with Crippen molar-refractivity contribution in [3.8, 4) is 0 Å². The molecule has 1 aromatic carbocycles. The maximum atomic E-state index is 13.4. The first-order valence-electron chi connectivity index (χ1n) is 10.9. The number of aromatic nitrogens is 3. The number of nitrogens with zero attached hydrogens (tertiary/aromatic N) is 4. The molecule has 2 amide bonds. The fourth-order valence-corrected chi connectivity index (χ4v) is 4.24. The van der Waals surface area contributed by atoms with Crippen LogP contribution in [0.4, 0.5) is 0 Å². The fourth-order valence-electron chi connectivity index (χ4n) is 4.24. The summed E-state index contributed by atoms with van der Waals surface area (Å²) in [6, 6.07) is 14.9. The van der Waals surface area contributed by atoms with Gasteiger partial charge in [-0.1, -0.05) is 50.2 Å². The van der Waals surface area contributed by atoms with Crippen LogP contribution in [0, 0.1) is 5.92 Å². The smallest absolute Gasteiger partial charge is 0.245 e. The summed E-state index contributed by atoms with van der Waals surface area (Å²) < 4.78 is 2.00. The van der Waals surface area contributed by atoms with Crippen molar-refractivity contribution >= 4 is 17.5 Å². The molecule has 1 aliphatic heterocycles.